The molecule has 5 heteroatoms. The molecule has 84 valence electrons. The van der Waals surface area contributed by atoms with Gasteiger partial charge in [-0.2, -0.15) is 5.10 Å². The third kappa shape index (κ3) is 2.38. The summed E-state index contributed by atoms with van der Waals surface area (Å²) in [5, 5.41) is 14.8. The van der Waals surface area contributed by atoms with Crippen molar-refractivity contribution in [2.45, 2.75) is 6.92 Å². The Labute approximate surface area is 102 Å². The van der Waals surface area contributed by atoms with Crippen LogP contribution in [0.2, 0.25) is 0 Å². The first kappa shape index (κ1) is 11.5. The summed E-state index contributed by atoms with van der Waals surface area (Å²) < 4.78 is 1.71. The highest BCUT2D eigenvalue weighted by atomic mass is 15.3. The number of hydrogen-bond donors (Lipinski definition) is 2. The third-order valence-electron chi connectivity index (χ3n) is 2.57. The first-order valence-corrected chi connectivity index (χ1v) is 5.27. The minimum atomic E-state index is 0.703. The second-order valence-electron chi connectivity index (χ2n) is 3.94. The van der Waals surface area contributed by atoms with Gasteiger partial charge in [0.15, 0.2) is 5.82 Å². The van der Waals surface area contributed by atoms with Crippen molar-refractivity contribution in [3.05, 3.63) is 35.5 Å². The Morgan fingerprint density at radius 3 is 2.82 bits per heavy atom. The van der Waals surface area contributed by atoms with Crippen molar-refractivity contribution in [1.29, 1.82) is 5.41 Å². The minimum absolute atomic E-state index is 0.703. The van der Waals surface area contributed by atoms with Gasteiger partial charge < -0.3 is 10.7 Å². The van der Waals surface area contributed by atoms with E-state index in [0.717, 1.165) is 22.6 Å². The molecule has 0 unspecified atom stereocenters. The summed E-state index contributed by atoms with van der Waals surface area (Å²) in [6.45, 7) is 1.92. The number of benzene rings is 1. The van der Waals surface area contributed by atoms with Crippen LogP contribution in [-0.4, -0.2) is 23.8 Å². The smallest absolute Gasteiger partial charge is 0.152 e. The second-order valence-corrected chi connectivity index (χ2v) is 3.94. The zero-order valence-electron chi connectivity index (χ0n) is 9.86. The molecule has 17 heavy (non-hydrogen) atoms. The summed E-state index contributed by atoms with van der Waals surface area (Å²) in [5.74, 6) is 0.735. The first-order valence-electron chi connectivity index (χ1n) is 5.27. The number of nitrogens with zero attached hydrogens (tertiary/aromatic N) is 2. The van der Waals surface area contributed by atoms with E-state index >= 15 is 0 Å². The molecule has 0 bridgehead atoms. The lowest BCUT2D eigenvalue weighted by molar-refractivity contribution is 0.771. The molecule has 0 aliphatic rings. The predicted octanol–water partition coefficient (Wildman–Crippen LogP) is 1.26. The lowest BCUT2D eigenvalue weighted by atomic mass is 9.89. The van der Waals surface area contributed by atoms with Crippen molar-refractivity contribution in [2.24, 2.45) is 7.05 Å². The molecule has 2 rings (SSSR count). The normalized spacial score (nSPS) is 10.2. The zero-order chi connectivity index (χ0) is 12.4. The average Bonchev–Trinajstić information content (AvgIpc) is 2.69. The van der Waals surface area contributed by atoms with Crippen molar-refractivity contribution in [2.75, 3.05) is 5.32 Å². The molecule has 0 saturated carbocycles. The second kappa shape index (κ2) is 4.45. The Bertz CT molecular complexity index is 560. The van der Waals surface area contributed by atoms with Crippen LogP contribution in [0.1, 0.15) is 11.1 Å². The molecule has 0 aliphatic carbocycles. The predicted molar refractivity (Wildman–Crippen MR) is 70.9 cm³/mol. The summed E-state index contributed by atoms with van der Waals surface area (Å²) in [6, 6.07) is 5.57. The maximum Gasteiger partial charge on any atom is 0.152 e. The molecule has 1 heterocycles. The standard InChI is InChI=1S/C12H13BN4/c1-8-5-9(7-14)11(6-10(8)13)15-12-3-4-17(2)16-12/h3-7,14H,1-2H3,(H,15,16). The van der Waals surface area contributed by atoms with E-state index in [9.17, 15) is 0 Å². The lowest BCUT2D eigenvalue weighted by Crippen LogP contribution is -2.10. The molecule has 4 nitrogen and oxygen atoms in total. The van der Waals surface area contributed by atoms with Gasteiger partial charge in [0.2, 0.25) is 0 Å². The quantitative estimate of drug-likeness (QED) is 0.609. The molecule has 0 atom stereocenters. The number of hydrogen-bond acceptors (Lipinski definition) is 3. The fourth-order valence-electron chi connectivity index (χ4n) is 1.59. The number of anilines is 2. The summed E-state index contributed by atoms with van der Waals surface area (Å²) >= 11 is 0. The van der Waals surface area contributed by atoms with Crippen LogP contribution >= 0.6 is 0 Å². The van der Waals surface area contributed by atoms with Gasteiger partial charge in [-0.25, -0.2) is 0 Å². The van der Waals surface area contributed by atoms with Crippen molar-refractivity contribution >= 4 is 31.0 Å². The molecule has 0 aliphatic heterocycles. The molecule has 2 N–H and O–H groups in total. The lowest BCUT2D eigenvalue weighted by Gasteiger charge is -2.10. The maximum absolute atomic E-state index is 7.39. The topological polar surface area (TPSA) is 53.7 Å². The van der Waals surface area contributed by atoms with E-state index in [4.69, 9.17) is 13.3 Å². The van der Waals surface area contributed by atoms with Crippen LogP contribution in [0.25, 0.3) is 0 Å². The summed E-state index contributed by atoms with van der Waals surface area (Å²) in [7, 11) is 7.72. The molecule has 0 spiro atoms. The van der Waals surface area contributed by atoms with E-state index in [1.54, 1.807) is 4.68 Å². The Morgan fingerprint density at radius 1 is 1.47 bits per heavy atom. The van der Waals surface area contributed by atoms with Crippen LogP contribution < -0.4 is 10.8 Å². The van der Waals surface area contributed by atoms with Crippen LogP contribution in [0.3, 0.4) is 0 Å². The van der Waals surface area contributed by atoms with Gasteiger partial charge >= 0.3 is 0 Å². The van der Waals surface area contributed by atoms with Gasteiger partial charge in [-0.3, -0.25) is 4.68 Å². The summed E-state index contributed by atoms with van der Waals surface area (Å²) in [4.78, 5) is 0. The molecule has 1 aromatic heterocycles. The average molecular weight is 224 g/mol. The van der Waals surface area contributed by atoms with Crippen molar-refractivity contribution in [1.82, 2.24) is 9.78 Å². The summed E-state index contributed by atoms with van der Waals surface area (Å²) in [6.07, 6.45) is 3.15. The Balaban J connectivity index is 2.37. The molecule has 1 aromatic carbocycles. The Hall–Kier alpha value is -2.04. The van der Waals surface area contributed by atoms with Gasteiger partial charge in [0, 0.05) is 36.8 Å². The molecule has 0 fully saturated rings. The van der Waals surface area contributed by atoms with Gasteiger partial charge in [-0.1, -0.05) is 11.0 Å². The van der Waals surface area contributed by atoms with E-state index < -0.39 is 0 Å². The van der Waals surface area contributed by atoms with Crippen LogP contribution in [0, 0.1) is 12.3 Å². The fourth-order valence-corrected chi connectivity index (χ4v) is 1.59. The van der Waals surface area contributed by atoms with Gasteiger partial charge in [-0.05, 0) is 19.1 Å². The van der Waals surface area contributed by atoms with E-state index in [1.807, 2.05) is 38.4 Å². The number of aromatic nitrogens is 2. The number of aryl methyl sites for hydroxylation is 2. The van der Waals surface area contributed by atoms with Crippen molar-refractivity contribution in [3.8, 4) is 0 Å². The van der Waals surface area contributed by atoms with E-state index in [-0.39, 0.29) is 0 Å². The van der Waals surface area contributed by atoms with Gasteiger partial charge in [0.25, 0.3) is 0 Å². The van der Waals surface area contributed by atoms with Crippen molar-refractivity contribution in [3.63, 3.8) is 0 Å². The largest absolute Gasteiger partial charge is 0.338 e. The highest BCUT2D eigenvalue weighted by Crippen LogP contribution is 2.18. The van der Waals surface area contributed by atoms with Gasteiger partial charge in [0.1, 0.15) is 7.85 Å². The van der Waals surface area contributed by atoms with Crippen LogP contribution in [-0.2, 0) is 7.05 Å². The fraction of sp³-hybridized carbons (Fsp3) is 0.167. The Kier molecular flexibility index (Phi) is 3.00. The molecular formula is C12H13BN4. The van der Waals surface area contributed by atoms with E-state index in [2.05, 4.69) is 10.4 Å². The van der Waals surface area contributed by atoms with Crippen LogP contribution in [0.5, 0.6) is 0 Å². The SMILES string of the molecule is [B]c1cc(Nc2ccn(C)n2)c(C=N)cc1C. The van der Waals surface area contributed by atoms with Crippen molar-refractivity contribution < 1.29 is 0 Å². The third-order valence-corrected chi connectivity index (χ3v) is 2.57. The van der Waals surface area contributed by atoms with Crippen LogP contribution in [0.15, 0.2) is 24.4 Å². The molecule has 2 radical (unpaired) electrons. The Morgan fingerprint density at radius 2 is 2.24 bits per heavy atom. The zero-order valence-corrected chi connectivity index (χ0v) is 9.86. The summed E-state index contributed by atoms with van der Waals surface area (Å²) in [5.41, 5.74) is 3.26. The monoisotopic (exact) mass is 224 g/mol. The number of rotatable bonds is 3. The number of nitrogens with one attached hydrogen (secondary N) is 2. The van der Waals surface area contributed by atoms with Gasteiger partial charge in [0.05, 0.1) is 0 Å². The molecule has 0 saturated heterocycles. The molecular weight excluding hydrogens is 211 g/mol. The highest BCUT2D eigenvalue weighted by molar-refractivity contribution is 6.33. The van der Waals surface area contributed by atoms with Crippen LogP contribution in [0.4, 0.5) is 11.5 Å². The molecule has 0 amide bonds. The van der Waals surface area contributed by atoms with Gasteiger partial charge in [-0.15, -0.1) is 0 Å². The minimum Gasteiger partial charge on any atom is -0.338 e. The molecule has 2 aromatic rings. The maximum atomic E-state index is 7.39. The first-order chi connectivity index (χ1) is 8.10. The van der Waals surface area contributed by atoms with E-state index in [0.29, 0.717) is 5.46 Å². The van der Waals surface area contributed by atoms with E-state index in [1.165, 1.54) is 6.21 Å². The highest BCUT2D eigenvalue weighted by Gasteiger charge is 2.05.